The van der Waals surface area contributed by atoms with Gasteiger partial charge in [0.05, 0.1) is 29.4 Å². The Kier molecular flexibility index (Phi) is 5.45. The number of anilines is 1. The number of carboxylic acids is 1. The number of fused-ring (bicyclic) bond motifs is 1. The van der Waals surface area contributed by atoms with Gasteiger partial charge in [0, 0.05) is 43.5 Å². The van der Waals surface area contributed by atoms with E-state index in [2.05, 4.69) is 20.1 Å². The monoisotopic (exact) mass is 446 g/mol. The Hall–Kier alpha value is -3.88. The first-order valence-electron chi connectivity index (χ1n) is 11.1. The van der Waals surface area contributed by atoms with Gasteiger partial charge in [0.25, 0.3) is 0 Å². The lowest BCUT2D eigenvalue weighted by molar-refractivity contribution is 0.0695. The normalized spacial score (nSPS) is 18.4. The minimum absolute atomic E-state index is 0.0550. The van der Waals surface area contributed by atoms with Crippen molar-refractivity contribution in [2.75, 3.05) is 12.4 Å². The quantitative estimate of drug-likeness (QED) is 0.458. The number of aromatic nitrogens is 5. The van der Waals surface area contributed by atoms with Crippen molar-refractivity contribution in [2.24, 2.45) is 7.05 Å². The van der Waals surface area contributed by atoms with Gasteiger partial charge >= 0.3 is 5.97 Å². The molecule has 0 atom stereocenters. The number of rotatable bonds is 6. The molecule has 1 saturated carbocycles. The fraction of sp³-hybridized carbons (Fsp3) is 0.333. The fourth-order valence-corrected chi connectivity index (χ4v) is 4.51. The van der Waals surface area contributed by atoms with Crippen LogP contribution in [0.4, 0.5) is 5.82 Å². The summed E-state index contributed by atoms with van der Waals surface area (Å²) in [4.78, 5) is 15.7. The number of hydrogen-bond acceptors (Lipinski definition) is 6. The number of aromatic carboxylic acids is 1. The summed E-state index contributed by atoms with van der Waals surface area (Å²) in [6.45, 7) is 0. The van der Waals surface area contributed by atoms with E-state index in [1.165, 1.54) is 0 Å². The molecule has 0 spiro atoms. The molecule has 0 radical (unpaired) electrons. The van der Waals surface area contributed by atoms with Gasteiger partial charge in [-0.2, -0.15) is 10.2 Å². The van der Waals surface area contributed by atoms with Crippen molar-refractivity contribution in [3.8, 4) is 17.0 Å². The van der Waals surface area contributed by atoms with Gasteiger partial charge in [-0.25, -0.2) is 9.78 Å². The second kappa shape index (κ2) is 8.57. The molecule has 3 heterocycles. The van der Waals surface area contributed by atoms with Crippen LogP contribution in [0.15, 0.2) is 48.9 Å². The van der Waals surface area contributed by atoms with Gasteiger partial charge in [0.1, 0.15) is 17.3 Å². The molecular weight excluding hydrogens is 420 g/mol. The van der Waals surface area contributed by atoms with Crippen LogP contribution in [0.5, 0.6) is 5.75 Å². The number of nitrogens with one attached hydrogen (secondary N) is 1. The highest BCUT2D eigenvalue weighted by Crippen LogP contribution is 2.36. The standard InChI is InChI=1S/C24H26N6O3/c1-25-22-11-21-20(13-26-22)23(16-12-27-29(2)14-16)28-30(21)17-6-8-18(9-7-17)33-19-5-3-4-15(10-19)24(31)32/h3-5,10-14,17-18H,6-9H2,1-2H3,(H,25,26)(H,31,32)/t17-,18+. The van der Waals surface area contributed by atoms with E-state index in [4.69, 9.17) is 9.84 Å². The molecule has 0 saturated heterocycles. The molecule has 170 valence electrons. The van der Waals surface area contributed by atoms with Crippen LogP contribution in [0.3, 0.4) is 0 Å². The number of benzene rings is 1. The van der Waals surface area contributed by atoms with E-state index < -0.39 is 5.97 Å². The van der Waals surface area contributed by atoms with Crippen LogP contribution < -0.4 is 10.1 Å². The highest BCUT2D eigenvalue weighted by Gasteiger charge is 2.27. The number of nitrogens with zero attached hydrogens (tertiary/aromatic N) is 5. The van der Waals surface area contributed by atoms with Crippen LogP contribution in [-0.2, 0) is 7.05 Å². The minimum atomic E-state index is -0.949. The van der Waals surface area contributed by atoms with Crippen LogP contribution in [0.2, 0.25) is 0 Å². The molecule has 4 aromatic rings. The molecular formula is C24H26N6O3. The lowest BCUT2D eigenvalue weighted by Gasteiger charge is -2.29. The molecule has 0 bridgehead atoms. The molecule has 1 fully saturated rings. The molecule has 33 heavy (non-hydrogen) atoms. The maximum absolute atomic E-state index is 11.2. The van der Waals surface area contributed by atoms with Crippen molar-refractivity contribution < 1.29 is 14.6 Å². The number of hydrogen-bond donors (Lipinski definition) is 2. The third-order valence-corrected chi connectivity index (χ3v) is 6.20. The molecule has 3 aromatic heterocycles. The van der Waals surface area contributed by atoms with Gasteiger partial charge in [0.15, 0.2) is 0 Å². The van der Waals surface area contributed by atoms with Crippen molar-refractivity contribution in [3.63, 3.8) is 0 Å². The Morgan fingerprint density at radius 3 is 2.70 bits per heavy atom. The lowest BCUT2D eigenvalue weighted by atomic mass is 9.93. The topological polar surface area (TPSA) is 107 Å². The summed E-state index contributed by atoms with van der Waals surface area (Å²) >= 11 is 0. The Labute approximate surface area is 191 Å². The second-order valence-electron chi connectivity index (χ2n) is 8.41. The summed E-state index contributed by atoms with van der Waals surface area (Å²) in [5.74, 6) is 0.456. The third-order valence-electron chi connectivity index (χ3n) is 6.20. The summed E-state index contributed by atoms with van der Waals surface area (Å²) < 4.78 is 10.0. The molecule has 0 aliphatic heterocycles. The van der Waals surface area contributed by atoms with Crippen molar-refractivity contribution in [2.45, 2.75) is 37.8 Å². The average Bonchev–Trinajstić information content (AvgIpc) is 3.43. The van der Waals surface area contributed by atoms with Crippen molar-refractivity contribution in [1.82, 2.24) is 24.5 Å². The van der Waals surface area contributed by atoms with Crippen LogP contribution in [-0.4, -0.2) is 48.8 Å². The smallest absolute Gasteiger partial charge is 0.335 e. The highest BCUT2D eigenvalue weighted by molar-refractivity contribution is 5.93. The number of carboxylic acid groups (broad SMARTS) is 1. The van der Waals surface area contributed by atoms with Crippen LogP contribution in [0.1, 0.15) is 42.1 Å². The zero-order valence-corrected chi connectivity index (χ0v) is 18.6. The number of carbonyl (C=O) groups is 1. The van der Waals surface area contributed by atoms with Crippen molar-refractivity contribution >= 4 is 22.7 Å². The van der Waals surface area contributed by atoms with Gasteiger partial charge in [-0.15, -0.1) is 0 Å². The molecule has 1 aromatic carbocycles. The summed E-state index contributed by atoms with van der Waals surface area (Å²) in [6.07, 6.45) is 9.30. The molecule has 5 rings (SSSR count). The summed E-state index contributed by atoms with van der Waals surface area (Å²) in [5.41, 5.74) is 3.14. The molecule has 2 N–H and O–H groups in total. The number of ether oxygens (including phenoxy) is 1. The van der Waals surface area contributed by atoms with Crippen LogP contribution in [0.25, 0.3) is 22.2 Å². The predicted molar refractivity (Wildman–Crippen MR) is 125 cm³/mol. The Bertz CT molecular complexity index is 1300. The average molecular weight is 447 g/mol. The Morgan fingerprint density at radius 1 is 1.18 bits per heavy atom. The minimum Gasteiger partial charge on any atom is -0.490 e. The van der Waals surface area contributed by atoms with E-state index in [1.807, 2.05) is 44.8 Å². The van der Waals surface area contributed by atoms with Gasteiger partial charge in [0.2, 0.25) is 0 Å². The van der Waals surface area contributed by atoms with Crippen molar-refractivity contribution in [1.29, 1.82) is 0 Å². The molecule has 9 nitrogen and oxygen atoms in total. The van der Waals surface area contributed by atoms with E-state index in [9.17, 15) is 9.90 Å². The summed E-state index contributed by atoms with van der Waals surface area (Å²) in [6, 6.07) is 8.97. The number of pyridine rings is 1. The molecule has 0 amide bonds. The number of aryl methyl sites for hydroxylation is 1. The zero-order valence-electron chi connectivity index (χ0n) is 18.6. The SMILES string of the molecule is CNc1cc2c(cn1)c(-c1cnn(C)c1)nn2[C@H]1CC[C@@H](Oc2cccc(C(=O)O)c2)CC1. The Morgan fingerprint density at radius 2 is 2.00 bits per heavy atom. The van der Waals surface area contributed by atoms with Crippen LogP contribution in [0, 0.1) is 0 Å². The summed E-state index contributed by atoms with van der Waals surface area (Å²) in [5, 5.41) is 22.6. The predicted octanol–water partition coefficient (Wildman–Crippen LogP) is 4.13. The van der Waals surface area contributed by atoms with E-state index in [1.54, 1.807) is 22.9 Å². The second-order valence-corrected chi connectivity index (χ2v) is 8.41. The first kappa shape index (κ1) is 21.0. The first-order chi connectivity index (χ1) is 16.0. The summed E-state index contributed by atoms with van der Waals surface area (Å²) in [7, 11) is 3.76. The maximum Gasteiger partial charge on any atom is 0.335 e. The molecule has 0 unspecified atom stereocenters. The molecule has 1 aliphatic carbocycles. The van der Waals surface area contributed by atoms with Gasteiger partial charge in [-0.3, -0.25) is 9.36 Å². The lowest BCUT2D eigenvalue weighted by Crippen LogP contribution is -2.26. The molecule has 9 heteroatoms. The van der Waals surface area contributed by atoms with E-state index in [-0.39, 0.29) is 17.7 Å². The largest absolute Gasteiger partial charge is 0.490 e. The highest BCUT2D eigenvalue weighted by atomic mass is 16.5. The van der Waals surface area contributed by atoms with Gasteiger partial charge < -0.3 is 15.2 Å². The van der Waals surface area contributed by atoms with E-state index >= 15 is 0 Å². The fourth-order valence-electron chi connectivity index (χ4n) is 4.51. The van der Waals surface area contributed by atoms with Crippen molar-refractivity contribution in [3.05, 3.63) is 54.5 Å². The van der Waals surface area contributed by atoms with E-state index in [0.29, 0.717) is 5.75 Å². The molecule has 1 aliphatic rings. The van der Waals surface area contributed by atoms with Gasteiger partial charge in [-0.05, 0) is 43.9 Å². The first-order valence-corrected chi connectivity index (χ1v) is 11.1. The Balaban J connectivity index is 1.38. The van der Waals surface area contributed by atoms with Crippen LogP contribution >= 0.6 is 0 Å². The third kappa shape index (κ3) is 4.13. The van der Waals surface area contributed by atoms with Gasteiger partial charge in [-0.1, -0.05) is 6.07 Å². The van der Waals surface area contributed by atoms with E-state index in [0.717, 1.165) is 53.7 Å². The maximum atomic E-state index is 11.2. The zero-order chi connectivity index (χ0) is 22.9.